The number of aryl methyl sites for hydroxylation is 1. The van der Waals surface area contributed by atoms with E-state index < -0.39 is 5.56 Å². The summed E-state index contributed by atoms with van der Waals surface area (Å²) < 4.78 is 1.88. The maximum Gasteiger partial charge on any atom is 0.261 e. The van der Waals surface area contributed by atoms with Gasteiger partial charge in [0.2, 0.25) is 0 Å². The molecular weight excluding hydrogens is 358 g/mol. The Hall–Kier alpha value is -2.74. The van der Waals surface area contributed by atoms with Crippen molar-refractivity contribution in [1.29, 1.82) is 0 Å². The minimum atomic E-state index is -0.439. The summed E-state index contributed by atoms with van der Waals surface area (Å²) in [6.07, 6.45) is 4.54. The molecule has 148 valence electrons. The molecule has 8 nitrogen and oxygen atoms in total. The number of ketones is 1. The Balaban J connectivity index is 1.72. The SMILES string of the molecule is Cn1ccnc1C1CNCCN1C(=O)c1cc2c([nH]c1=O)CC(C)(C)CC2=O. The third-order valence-corrected chi connectivity index (χ3v) is 5.61. The molecule has 0 saturated carbocycles. The largest absolute Gasteiger partial charge is 0.336 e. The molecule has 1 atom stereocenters. The maximum absolute atomic E-state index is 13.3. The fraction of sp³-hybridized carbons (Fsp3) is 0.500. The van der Waals surface area contributed by atoms with Gasteiger partial charge < -0.3 is 19.8 Å². The van der Waals surface area contributed by atoms with Crippen LogP contribution in [0, 0.1) is 5.41 Å². The Kier molecular flexibility index (Phi) is 4.45. The second-order valence-electron chi connectivity index (χ2n) is 8.46. The van der Waals surface area contributed by atoms with E-state index >= 15 is 0 Å². The number of carbonyl (C=O) groups excluding carboxylic acids is 2. The van der Waals surface area contributed by atoms with Gasteiger partial charge in [-0.3, -0.25) is 14.4 Å². The number of nitrogens with one attached hydrogen (secondary N) is 2. The van der Waals surface area contributed by atoms with Crippen LogP contribution in [0.4, 0.5) is 0 Å². The van der Waals surface area contributed by atoms with Crippen molar-refractivity contribution in [2.75, 3.05) is 19.6 Å². The zero-order valence-corrected chi connectivity index (χ0v) is 16.4. The van der Waals surface area contributed by atoms with Crippen LogP contribution in [0.25, 0.3) is 0 Å². The van der Waals surface area contributed by atoms with E-state index in [1.54, 1.807) is 11.1 Å². The van der Waals surface area contributed by atoms with Crippen LogP contribution >= 0.6 is 0 Å². The highest BCUT2D eigenvalue weighted by molar-refractivity contribution is 6.02. The third kappa shape index (κ3) is 3.17. The molecule has 1 unspecified atom stereocenters. The molecule has 8 heteroatoms. The van der Waals surface area contributed by atoms with E-state index in [4.69, 9.17) is 0 Å². The first-order valence-electron chi connectivity index (χ1n) is 9.55. The quantitative estimate of drug-likeness (QED) is 0.807. The van der Waals surface area contributed by atoms with E-state index in [9.17, 15) is 14.4 Å². The molecule has 4 rings (SSSR count). The Morgan fingerprint density at radius 3 is 2.79 bits per heavy atom. The molecule has 0 spiro atoms. The van der Waals surface area contributed by atoms with E-state index in [0.717, 1.165) is 5.82 Å². The predicted octanol–water partition coefficient (Wildman–Crippen LogP) is 1.05. The number of carbonyl (C=O) groups is 2. The summed E-state index contributed by atoms with van der Waals surface area (Å²) in [6, 6.07) is 1.22. The number of fused-ring (bicyclic) bond motifs is 1. The molecular formula is C20H25N5O3. The van der Waals surface area contributed by atoms with Crippen LogP contribution in [0.2, 0.25) is 0 Å². The number of imidazole rings is 1. The number of hydrogen-bond acceptors (Lipinski definition) is 5. The number of nitrogens with zero attached hydrogens (tertiary/aromatic N) is 3. The van der Waals surface area contributed by atoms with E-state index in [0.29, 0.717) is 43.7 Å². The van der Waals surface area contributed by atoms with E-state index in [1.807, 2.05) is 31.7 Å². The molecule has 28 heavy (non-hydrogen) atoms. The summed E-state index contributed by atoms with van der Waals surface area (Å²) in [5.74, 6) is 0.362. The molecule has 1 saturated heterocycles. The van der Waals surface area contributed by atoms with Crippen molar-refractivity contribution in [3.8, 4) is 0 Å². The Bertz CT molecular complexity index is 1000. The summed E-state index contributed by atoms with van der Waals surface area (Å²) >= 11 is 0. The maximum atomic E-state index is 13.3. The molecule has 2 N–H and O–H groups in total. The Morgan fingerprint density at radius 2 is 2.07 bits per heavy atom. The van der Waals surface area contributed by atoms with Gasteiger partial charge in [0, 0.05) is 56.8 Å². The summed E-state index contributed by atoms with van der Waals surface area (Å²) in [5, 5.41) is 3.28. The molecule has 2 aliphatic rings. The number of rotatable bonds is 2. The standard InChI is InChI=1S/C20H25N5O3/c1-20(2)9-14-12(16(26)10-20)8-13(18(27)23-14)19(28)25-7-4-21-11-15(25)17-22-5-6-24(17)3/h5-6,8,15,21H,4,7,9-11H2,1-3H3,(H,23,27). The van der Waals surface area contributed by atoms with Gasteiger partial charge in [0.15, 0.2) is 5.78 Å². The number of hydrogen-bond donors (Lipinski definition) is 2. The zero-order chi connectivity index (χ0) is 20.1. The Morgan fingerprint density at radius 1 is 1.29 bits per heavy atom. The monoisotopic (exact) mass is 383 g/mol. The molecule has 0 aromatic carbocycles. The number of amides is 1. The van der Waals surface area contributed by atoms with Crippen molar-refractivity contribution >= 4 is 11.7 Å². The lowest BCUT2D eigenvalue weighted by atomic mass is 9.75. The minimum Gasteiger partial charge on any atom is -0.336 e. The second-order valence-corrected chi connectivity index (χ2v) is 8.46. The first-order chi connectivity index (χ1) is 13.3. The first-order valence-corrected chi connectivity index (χ1v) is 9.55. The van der Waals surface area contributed by atoms with E-state index in [2.05, 4.69) is 15.3 Å². The summed E-state index contributed by atoms with van der Waals surface area (Å²) in [5.41, 5.74) is 0.481. The van der Waals surface area contributed by atoms with Crippen molar-refractivity contribution in [3.63, 3.8) is 0 Å². The van der Waals surface area contributed by atoms with Gasteiger partial charge in [0.25, 0.3) is 11.5 Å². The third-order valence-electron chi connectivity index (χ3n) is 5.61. The molecule has 2 aromatic heterocycles. The van der Waals surface area contributed by atoms with Gasteiger partial charge in [-0.2, -0.15) is 0 Å². The fourth-order valence-corrected chi connectivity index (χ4v) is 4.22. The molecule has 1 amide bonds. The highest BCUT2D eigenvalue weighted by Crippen LogP contribution is 2.33. The number of Topliss-reactive ketones (excluding diaryl/α,β-unsaturated/α-hetero) is 1. The second kappa shape index (κ2) is 6.70. The molecule has 3 heterocycles. The summed E-state index contributed by atoms with van der Waals surface area (Å²) in [7, 11) is 1.88. The van der Waals surface area contributed by atoms with E-state index in [-0.39, 0.29) is 28.7 Å². The van der Waals surface area contributed by atoms with Gasteiger partial charge in [-0.1, -0.05) is 13.8 Å². The normalized spacial score (nSPS) is 21.5. The predicted molar refractivity (Wildman–Crippen MR) is 103 cm³/mol. The van der Waals surface area contributed by atoms with Crippen molar-refractivity contribution in [2.24, 2.45) is 12.5 Å². The topological polar surface area (TPSA) is 100 Å². The molecule has 1 aliphatic carbocycles. The van der Waals surface area contributed by atoms with Crippen molar-refractivity contribution in [3.05, 3.63) is 51.5 Å². The van der Waals surface area contributed by atoms with Gasteiger partial charge in [-0.15, -0.1) is 0 Å². The van der Waals surface area contributed by atoms with Crippen LogP contribution in [0.5, 0.6) is 0 Å². The molecule has 2 aromatic rings. The van der Waals surface area contributed by atoms with Crippen LogP contribution in [0.3, 0.4) is 0 Å². The molecule has 0 bridgehead atoms. The van der Waals surface area contributed by atoms with Crippen LogP contribution in [0.15, 0.2) is 23.3 Å². The van der Waals surface area contributed by atoms with Gasteiger partial charge in [-0.25, -0.2) is 4.98 Å². The fourth-order valence-electron chi connectivity index (χ4n) is 4.22. The average molecular weight is 383 g/mol. The first kappa shape index (κ1) is 18.6. The van der Waals surface area contributed by atoms with Crippen molar-refractivity contribution in [2.45, 2.75) is 32.7 Å². The van der Waals surface area contributed by atoms with Gasteiger partial charge in [0.05, 0.1) is 0 Å². The van der Waals surface area contributed by atoms with Crippen LogP contribution in [-0.2, 0) is 13.5 Å². The minimum absolute atomic E-state index is 0.0212. The summed E-state index contributed by atoms with van der Waals surface area (Å²) in [4.78, 5) is 47.4. The smallest absolute Gasteiger partial charge is 0.261 e. The number of aromatic amines is 1. The van der Waals surface area contributed by atoms with Crippen LogP contribution < -0.4 is 10.9 Å². The number of H-pyrrole nitrogens is 1. The molecule has 1 fully saturated rings. The summed E-state index contributed by atoms with van der Waals surface area (Å²) in [6.45, 7) is 5.68. The molecule has 1 aliphatic heterocycles. The van der Waals surface area contributed by atoms with E-state index in [1.165, 1.54) is 6.07 Å². The highest BCUT2D eigenvalue weighted by atomic mass is 16.2. The number of pyridine rings is 1. The van der Waals surface area contributed by atoms with Crippen molar-refractivity contribution < 1.29 is 9.59 Å². The van der Waals surface area contributed by atoms with Crippen LogP contribution in [-0.4, -0.2) is 50.8 Å². The van der Waals surface area contributed by atoms with Gasteiger partial charge in [-0.05, 0) is 17.9 Å². The average Bonchev–Trinajstić information content (AvgIpc) is 3.05. The van der Waals surface area contributed by atoms with Gasteiger partial charge in [0.1, 0.15) is 17.4 Å². The van der Waals surface area contributed by atoms with Gasteiger partial charge >= 0.3 is 0 Å². The highest BCUT2D eigenvalue weighted by Gasteiger charge is 2.35. The number of aromatic nitrogens is 3. The molecule has 0 radical (unpaired) electrons. The zero-order valence-electron chi connectivity index (χ0n) is 16.4. The lowest BCUT2D eigenvalue weighted by molar-refractivity contribution is 0.0619. The lowest BCUT2D eigenvalue weighted by Crippen LogP contribution is -2.50. The van der Waals surface area contributed by atoms with Crippen molar-refractivity contribution in [1.82, 2.24) is 24.8 Å². The Labute approximate surface area is 163 Å². The number of piperazine rings is 1. The van der Waals surface area contributed by atoms with Crippen LogP contribution in [0.1, 0.15) is 58.5 Å². The lowest BCUT2D eigenvalue weighted by Gasteiger charge is -2.36.